The van der Waals surface area contributed by atoms with Crippen molar-refractivity contribution in [3.63, 3.8) is 0 Å². The average Bonchev–Trinajstić information content (AvgIpc) is 2.57. The monoisotopic (exact) mass is 501 g/mol. The van der Waals surface area contributed by atoms with Gasteiger partial charge in [0.25, 0.3) is 5.56 Å². The Morgan fingerprint density at radius 3 is 2.77 bits per heavy atom. The van der Waals surface area contributed by atoms with Gasteiger partial charge in [-0.05, 0) is 71.2 Å². The zero-order valence-electron chi connectivity index (χ0n) is 12.9. The number of benzene rings is 2. The largest absolute Gasteiger partial charge is 0.494 e. The van der Waals surface area contributed by atoms with Crippen LogP contribution in [0.2, 0.25) is 5.02 Å². The van der Waals surface area contributed by atoms with Crippen molar-refractivity contribution in [3.05, 3.63) is 77.6 Å². The molecule has 0 aliphatic carbocycles. The van der Waals surface area contributed by atoms with Crippen LogP contribution in [0.5, 0.6) is 5.88 Å². The van der Waals surface area contributed by atoms with Gasteiger partial charge in [0, 0.05) is 9.78 Å². The fraction of sp³-hybridized carbons (Fsp3) is 0. The first-order valence-electron chi connectivity index (χ1n) is 7.20. The Morgan fingerprint density at radius 2 is 2.08 bits per heavy atom. The standard InChI is InChI=1S/C17H10ClFIN3O2S/c18-13-7-11(4-5-14(13)19)23-16(25)12(15(24)22-17(23)26)8-21-10-3-1-2-9(20)6-10/h1-8,25H,(H,22,24,26). The molecule has 0 atom stereocenters. The molecule has 0 aliphatic heterocycles. The number of hydrogen-bond acceptors (Lipinski definition) is 4. The smallest absolute Gasteiger partial charge is 0.264 e. The number of halogens is 3. The summed E-state index contributed by atoms with van der Waals surface area (Å²) >= 11 is 13.0. The first kappa shape index (κ1) is 18.7. The van der Waals surface area contributed by atoms with Crippen LogP contribution in [0, 0.1) is 14.2 Å². The molecule has 1 aromatic heterocycles. The number of rotatable bonds is 3. The van der Waals surface area contributed by atoms with Gasteiger partial charge in [-0.2, -0.15) is 0 Å². The molecule has 0 spiro atoms. The van der Waals surface area contributed by atoms with Crippen molar-refractivity contribution in [3.8, 4) is 11.6 Å². The lowest BCUT2D eigenvalue weighted by Crippen LogP contribution is -2.18. The van der Waals surface area contributed by atoms with Crippen molar-refractivity contribution in [1.82, 2.24) is 9.55 Å². The second-order valence-electron chi connectivity index (χ2n) is 5.17. The quantitative estimate of drug-likeness (QED) is 0.309. The van der Waals surface area contributed by atoms with E-state index >= 15 is 0 Å². The Labute approximate surface area is 171 Å². The molecule has 0 bridgehead atoms. The maximum Gasteiger partial charge on any atom is 0.264 e. The van der Waals surface area contributed by atoms with Crippen LogP contribution in [0.1, 0.15) is 5.56 Å². The maximum atomic E-state index is 13.4. The minimum absolute atomic E-state index is 0.0541. The van der Waals surface area contributed by atoms with Gasteiger partial charge in [-0.25, -0.2) is 4.39 Å². The number of aliphatic imine (C=N–C) groups is 1. The van der Waals surface area contributed by atoms with Crippen molar-refractivity contribution in [2.24, 2.45) is 4.99 Å². The van der Waals surface area contributed by atoms with Crippen molar-refractivity contribution < 1.29 is 9.50 Å². The highest BCUT2D eigenvalue weighted by Crippen LogP contribution is 2.24. The lowest BCUT2D eigenvalue weighted by molar-refractivity contribution is 0.432. The second-order valence-corrected chi connectivity index (χ2v) is 7.21. The fourth-order valence-corrected chi connectivity index (χ4v) is 3.20. The molecule has 1 heterocycles. The third-order valence-electron chi connectivity index (χ3n) is 3.43. The lowest BCUT2D eigenvalue weighted by atomic mass is 10.2. The molecular weight excluding hydrogens is 492 g/mol. The van der Waals surface area contributed by atoms with Gasteiger partial charge in [0.15, 0.2) is 4.77 Å². The molecule has 3 aromatic rings. The molecular formula is C17H10ClFIN3O2S. The molecule has 2 N–H and O–H groups in total. The van der Waals surface area contributed by atoms with E-state index in [2.05, 4.69) is 32.6 Å². The van der Waals surface area contributed by atoms with Crippen molar-refractivity contribution in [1.29, 1.82) is 0 Å². The highest BCUT2D eigenvalue weighted by molar-refractivity contribution is 14.1. The van der Waals surface area contributed by atoms with Crippen LogP contribution in [-0.4, -0.2) is 20.9 Å². The van der Waals surface area contributed by atoms with Gasteiger partial charge < -0.3 is 5.11 Å². The van der Waals surface area contributed by atoms with E-state index in [0.717, 1.165) is 9.64 Å². The van der Waals surface area contributed by atoms with Crippen LogP contribution < -0.4 is 5.56 Å². The summed E-state index contributed by atoms with van der Waals surface area (Å²) < 4.78 is 15.5. The van der Waals surface area contributed by atoms with Crippen LogP contribution in [0.4, 0.5) is 10.1 Å². The van der Waals surface area contributed by atoms with Crippen molar-refractivity contribution in [2.45, 2.75) is 0 Å². The third kappa shape index (κ3) is 3.87. The van der Waals surface area contributed by atoms with E-state index in [-0.39, 0.29) is 15.4 Å². The number of hydrogen-bond donors (Lipinski definition) is 2. The highest BCUT2D eigenvalue weighted by atomic mass is 127. The Morgan fingerprint density at radius 1 is 1.31 bits per heavy atom. The Hall–Kier alpha value is -2.04. The van der Waals surface area contributed by atoms with Gasteiger partial charge in [-0.3, -0.25) is 19.3 Å². The van der Waals surface area contributed by atoms with Gasteiger partial charge in [-0.1, -0.05) is 17.7 Å². The van der Waals surface area contributed by atoms with Gasteiger partial charge in [0.05, 0.1) is 16.4 Å². The Bertz CT molecular complexity index is 1140. The molecule has 0 saturated heterocycles. The van der Waals surface area contributed by atoms with E-state index in [4.69, 9.17) is 23.8 Å². The minimum Gasteiger partial charge on any atom is -0.494 e. The number of aromatic hydroxyl groups is 1. The molecule has 132 valence electrons. The summed E-state index contributed by atoms with van der Waals surface area (Å²) in [5, 5.41) is 10.4. The van der Waals surface area contributed by atoms with Gasteiger partial charge in [-0.15, -0.1) is 0 Å². The van der Waals surface area contributed by atoms with E-state index in [9.17, 15) is 14.3 Å². The number of aromatic nitrogens is 2. The van der Waals surface area contributed by atoms with E-state index in [1.54, 1.807) is 6.07 Å². The number of H-pyrrole nitrogens is 1. The summed E-state index contributed by atoms with van der Waals surface area (Å²) in [6.45, 7) is 0. The van der Waals surface area contributed by atoms with Crippen LogP contribution in [0.15, 0.2) is 52.3 Å². The van der Waals surface area contributed by atoms with Crippen LogP contribution >= 0.6 is 46.4 Å². The first-order chi connectivity index (χ1) is 12.4. The number of nitrogens with zero attached hydrogens (tertiary/aromatic N) is 2. The topological polar surface area (TPSA) is 70.4 Å². The first-order valence-corrected chi connectivity index (χ1v) is 9.06. The van der Waals surface area contributed by atoms with E-state index in [0.29, 0.717) is 11.4 Å². The maximum absolute atomic E-state index is 13.4. The van der Waals surface area contributed by atoms with Gasteiger partial charge >= 0.3 is 0 Å². The molecule has 0 saturated carbocycles. The third-order valence-corrected chi connectivity index (χ3v) is 4.68. The average molecular weight is 502 g/mol. The molecule has 26 heavy (non-hydrogen) atoms. The zero-order chi connectivity index (χ0) is 18.8. The fourth-order valence-electron chi connectivity index (χ4n) is 2.21. The molecule has 0 aliphatic rings. The summed E-state index contributed by atoms with van der Waals surface area (Å²) in [6.07, 6.45) is 1.25. The van der Waals surface area contributed by atoms with Crippen LogP contribution in [-0.2, 0) is 0 Å². The summed E-state index contributed by atoms with van der Waals surface area (Å²) in [5.41, 5.74) is 0.248. The molecule has 0 radical (unpaired) electrons. The SMILES string of the molecule is O=c1[nH]c(=S)n(-c2ccc(F)c(Cl)c2)c(O)c1C=Nc1cccc(I)c1. The molecule has 3 rings (SSSR count). The molecule has 0 unspecified atom stereocenters. The van der Waals surface area contributed by atoms with E-state index < -0.39 is 17.3 Å². The summed E-state index contributed by atoms with van der Waals surface area (Å²) in [7, 11) is 0. The van der Waals surface area contributed by atoms with E-state index in [1.165, 1.54) is 22.9 Å². The van der Waals surface area contributed by atoms with Gasteiger partial charge in [0.1, 0.15) is 11.4 Å². The molecule has 2 aromatic carbocycles. The predicted octanol–water partition coefficient (Wildman–Crippen LogP) is 4.75. The van der Waals surface area contributed by atoms with Crippen molar-refractivity contribution >= 4 is 58.3 Å². The predicted molar refractivity (Wildman–Crippen MR) is 110 cm³/mol. The number of aromatic amines is 1. The van der Waals surface area contributed by atoms with Crippen LogP contribution in [0.25, 0.3) is 5.69 Å². The van der Waals surface area contributed by atoms with E-state index in [1.807, 2.05) is 18.2 Å². The summed E-state index contributed by atoms with van der Waals surface area (Å²) in [4.78, 5) is 18.9. The Balaban J connectivity index is 2.14. The molecule has 0 fully saturated rings. The highest BCUT2D eigenvalue weighted by Gasteiger charge is 2.13. The summed E-state index contributed by atoms with van der Waals surface area (Å²) in [5.74, 6) is -1.03. The normalized spacial score (nSPS) is 11.2. The number of nitrogens with one attached hydrogen (secondary N) is 1. The molecule has 5 nitrogen and oxygen atoms in total. The molecule has 0 amide bonds. The minimum atomic E-state index is -0.605. The zero-order valence-corrected chi connectivity index (χ0v) is 16.6. The summed E-state index contributed by atoms with van der Waals surface area (Å²) in [6, 6.07) is 11.1. The Kier molecular flexibility index (Phi) is 5.54. The van der Waals surface area contributed by atoms with Crippen LogP contribution in [0.3, 0.4) is 0 Å². The van der Waals surface area contributed by atoms with Gasteiger partial charge in [0.2, 0.25) is 5.88 Å². The lowest BCUT2D eigenvalue weighted by Gasteiger charge is -2.11. The van der Waals surface area contributed by atoms with Crippen molar-refractivity contribution in [2.75, 3.05) is 0 Å². The molecule has 9 heteroatoms. The second kappa shape index (κ2) is 7.68.